The van der Waals surface area contributed by atoms with Crippen LogP contribution in [0.2, 0.25) is 0 Å². The van der Waals surface area contributed by atoms with Crippen molar-refractivity contribution >= 4 is 52.5 Å². The number of aromatic hydroxyl groups is 2. The second-order valence-electron chi connectivity index (χ2n) is 14.5. The summed E-state index contributed by atoms with van der Waals surface area (Å²) in [6.45, 7) is 0.731. The van der Waals surface area contributed by atoms with E-state index in [1.165, 1.54) is 68.3 Å². The molecule has 0 bridgehead atoms. The van der Waals surface area contributed by atoms with Gasteiger partial charge < -0.3 is 50.8 Å². The molecule has 0 spiro atoms. The number of phenols is 2. The van der Waals surface area contributed by atoms with E-state index in [1.54, 1.807) is 0 Å². The van der Waals surface area contributed by atoms with Gasteiger partial charge in [-0.3, -0.25) is 28.8 Å². The SMILES string of the molecule is COc1cccc2c1C(=O)c1c(O)c3c(c(O)c1C2=O)C[C@@](O)(C(=O)CO)C[C@@H]3O[C@H]1C[C@H](NC(=O)c2cccc(N3C(=O)CC(SCCN)C3=O)c2)[C@H](O)[C@H](C)O1. The highest BCUT2D eigenvalue weighted by Gasteiger charge is 2.50. The number of thioether (sulfide) groups is 1. The highest BCUT2D eigenvalue weighted by Crippen LogP contribution is 2.52. The van der Waals surface area contributed by atoms with Gasteiger partial charge in [-0.05, 0) is 31.2 Å². The zero-order valence-corrected chi connectivity index (χ0v) is 32.1. The molecule has 0 radical (unpaired) electrons. The van der Waals surface area contributed by atoms with E-state index in [2.05, 4.69) is 5.32 Å². The first-order chi connectivity index (χ1) is 27.6. The summed E-state index contributed by atoms with van der Waals surface area (Å²) in [4.78, 5) is 81.3. The van der Waals surface area contributed by atoms with Gasteiger partial charge in [0.05, 0.1) is 53.0 Å². The maximum Gasteiger partial charge on any atom is 0.251 e. The van der Waals surface area contributed by atoms with Crippen molar-refractivity contribution in [1.29, 1.82) is 0 Å². The lowest BCUT2D eigenvalue weighted by molar-refractivity contribution is -0.249. The molecule has 2 aliphatic carbocycles. The van der Waals surface area contributed by atoms with Crippen LogP contribution < -0.4 is 20.7 Å². The molecule has 3 aromatic carbocycles. The summed E-state index contributed by atoms with van der Waals surface area (Å²) in [5, 5.41) is 58.1. The van der Waals surface area contributed by atoms with Crippen LogP contribution >= 0.6 is 11.8 Å². The monoisotopic (exact) mass is 819 g/mol. The van der Waals surface area contributed by atoms with Crippen LogP contribution in [0.1, 0.15) is 85.6 Å². The van der Waals surface area contributed by atoms with Crippen LogP contribution in [0.5, 0.6) is 17.2 Å². The molecule has 1 unspecified atom stereocenters. The van der Waals surface area contributed by atoms with E-state index < -0.39 is 119 Å². The molecule has 18 heteroatoms. The summed E-state index contributed by atoms with van der Waals surface area (Å²) in [5.74, 6) is -5.26. The summed E-state index contributed by atoms with van der Waals surface area (Å²) in [5.41, 5.74) is 1.58. The third-order valence-corrected chi connectivity index (χ3v) is 12.2. The predicted molar refractivity (Wildman–Crippen MR) is 204 cm³/mol. The number of nitrogens with one attached hydrogen (secondary N) is 1. The summed E-state index contributed by atoms with van der Waals surface area (Å²) in [7, 11) is 1.29. The number of carbonyl (C=O) groups excluding carboxylic acids is 6. The number of hydrogen-bond acceptors (Lipinski definition) is 16. The van der Waals surface area contributed by atoms with Gasteiger partial charge in [-0.25, -0.2) is 4.90 Å². The van der Waals surface area contributed by atoms with E-state index >= 15 is 0 Å². The molecule has 2 fully saturated rings. The number of ketones is 3. The first-order valence-corrected chi connectivity index (χ1v) is 19.5. The van der Waals surface area contributed by atoms with Crippen LogP contribution in [0.25, 0.3) is 0 Å². The number of carbonyl (C=O) groups is 6. The number of methoxy groups -OCH3 is 1. The van der Waals surface area contributed by atoms with Gasteiger partial charge in [0.15, 0.2) is 17.9 Å². The molecule has 3 aromatic rings. The first-order valence-electron chi connectivity index (χ1n) is 18.5. The van der Waals surface area contributed by atoms with Crippen molar-refractivity contribution in [3.63, 3.8) is 0 Å². The van der Waals surface area contributed by atoms with E-state index in [9.17, 15) is 54.3 Å². The Bertz CT molecular complexity index is 2250. The standard InChI is InChI=1S/C40H41N3O14S/c1-17-33(47)22(42-38(52)18-5-3-6-19(11-18)43-27(46)13-25(39(43)53)58-10-9-41)12-28(56-17)57-24-15-40(54,26(45)16-44)14-21-30(24)37(51)32-31(35(21)49)34(48)20-7-4-8-23(55-2)29(20)36(32)50/h3-8,11,17,22,24-25,28,33,44,47,49,51,54H,9-10,12-16,41H2,1-2H3,(H,42,52)/t17-,22-,24-,25?,28-,33+,40-/m0/s1. The molecule has 7 atom stereocenters. The number of aliphatic hydroxyl groups is 3. The number of rotatable bonds is 11. The number of hydrogen-bond donors (Lipinski definition) is 7. The number of nitrogens with zero attached hydrogens (tertiary/aromatic N) is 1. The van der Waals surface area contributed by atoms with Crippen LogP contribution in [0.15, 0.2) is 42.5 Å². The Hall–Kier alpha value is -5.21. The van der Waals surface area contributed by atoms with Crippen molar-refractivity contribution in [3.05, 3.63) is 81.4 Å². The van der Waals surface area contributed by atoms with Crippen molar-refractivity contribution in [2.24, 2.45) is 5.73 Å². The largest absolute Gasteiger partial charge is 0.507 e. The number of anilines is 1. The average Bonchev–Trinajstić information content (AvgIpc) is 3.49. The highest BCUT2D eigenvalue weighted by molar-refractivity contribution is 8.00. The lowest BCUT2D eigenvalue weighted by atomic mass is 9.72. The fourth-order valence-electron chi connectivity index (χ4n) is 8.11. The Balaban J connectivity index is 1.18. The molecular weight excluding hydrogens is 779 g/mol. The Morgan fingerprint density at radius 2 is 1.78 bits per heavy atom. The molecular formula is C40H41N3O14S. The van der Waals surface area contributed by atoms with E-state index in [0.29, 0.717) is 12.3 Å². The van der Waals surface area contributed by atoms with Gasteiger partial charge in [0.2, 0.25) is 17.6 Å². The Morgan fingerprint density at radius 3 is 2.48 bits per heavy atom. The maximum atomic E-state index is 14.0. The minimum absolute atomic E-state index is 0.0124. The van der Waals surface area contributed by atoms with Crippen molar-refractivity contribution < 1.29 is 68.5 Å². The zero-order valence-electron chi connectivity index (χ0n) is 31.3. The van der Waals surface area contributed by atoms with Gasteiger partial charge in [0.25, 0.3) is 5.91 Å². The number of imide groups is 1. The number of nitrogens with two attached hydrogens (primary N) is 1. The van der Waals surface area contributed by atoms with Gasteiger partial charge in [0.1, 0.15) is 35.6 Å². The van der Waals surface area contributed by atoms with Crippen LogP contribution in [0.4, 0.5) is 5.69 Å². The van der Waals surface area contributed by atoms with E-state index in [0.717, 1.165) is 4.90 Å². The number of amides is 3. The quantitative estimate of drug-likeness (QED) is 0.0814. The summed E-state index contributed by atoms with van der Waals surface area (Å²) in [6.07, 6.45) is -6.65. The molecule has 58 heavy (non-hydrogen) atoms. The number of fused-ring (bicyclic) bond motifs is 3. The van der Waals surface area contributed by atoms with Crippen molar-refractivity contribution in [2.75, 3.05) is 30.9 Å². The Morgan fingerprint density at radius 1 is 1.05 bits per heavy atom. The van der Waals surface area contributed by atoms with Crippen molar-refractivity contribution in [1.82, 2.24) is 5.32 Å². The number of aliphatic hydroxyl groups excluding tert-OH is 2. The number of ether oxygens (including phenoxy) is 3. The first kappa shape index (κ1) is 41.0. The summed E-state index contributed by atoms with van der Waals surface area (Å²) >= 11 is 1.28. The number of phenolic OH excluding ortho intramolecular Hbond substituents is 2. The fraction of sp³-hybridized carbons (Fsp3) is 0.400. The molecule has 7 rings (SSSR count). The average molecular weight is 820 g/mol. The predicted octanol–water partition coefficient (Wildman–Crippen LogP) is 0.796. The van der Waals surface area contributed by atoms with Gasteiger partial charge in [0, 0.05) is 60.2 Å². The van der Waals surface area contributed by atoms with Crippen LogP contribution in [-0.2, 0) is 30.3 Å². The van der Waals surface area contributed by atoms with Gasteiger partial charge in [-0.15, -0.1) is 11.8 Å². The van der Waals surface area contributed by atoms with Gasteiger partial charge in [-0.2, -0.15) is 0 Å². The third-order valence-electron chi connectivity index (χ3n) is 11.0. The van der Waals surface area contributed by atoms with Crippen LogP contribution in [0.3, 0.4) is 0 Å². The molecule has 2 heterocycles. The molecule has 0 aromatic heterocycles. The highest BCUT2D eigenvalue weighted by atomic mass is 32.2. The van der Waals surface area contributed by atoms with Gasteiger partial charge in [-0.1, -0.05) is 18.2 Å². The van der Waals surface area contributed by atoms with Crippen LogP contribution in [0, 0.1) is 0 Å². The second-order valence-corrected chi connectivity index (χ2v) is 15.9. The maximum absolute atomic E-state index is 14.0. The van der Waals surface area contributed by atoms with Crippen LogP contribution in [-0.4, -0.2) is 122 Å². The molecule has 8 N–H and O–H groups in total. The number of Topliss-reactive ketones (excluding diaryl/α,β-unsaturated/α-hetero) is 1. The Labute approximate surface area is 335 Å². The topological polar surface area (TPSA) is 273 Å². The molecule has 4 aliphatic rings. The van der Waals surface area contributed by atoms with E-state index in [1.807, 2.05) is 0 Å². The number of benzene rings is 3. The molecule has 0 saturated carbocycles. The molecule has 2 saturated heterocycles. The van der Waals surface area contributed by atoms with Gasteiger partial charge >= 0.3 is 0 Å². The minimum Gasteiger partial charge on any atom is -0.507 e. The normalized spacial score (nSPS) is 26.6. The zero-order chi connectivity index (χ0) is 41.8. The molecule has 17 nitrogen and oxygen atoms in total. The molecule has 3 amide bonds. The summed E-state index contributed by atoms with van der Waals surface area (Å²) in [6, 6.07) is 9.08. The van der Waals surface area contributed by atoms with Crippen molar-refractivity contribution in [2.45, 2.75) is 74.1 Å². The fourth-order valence-corrected chi connectivity index (χ4v) is 9.04. The van der Waals surface area contributed by atoms with E-state index in [4.69, 9.17) is 19.9 Å². The lowest BCUT2D eigenvalue weighted by Crippen LogP contribution is -2.55. The third kappa shape index (κ3) is 6.93. The summed E-state index contributed by atoms with van der Waals surface area (Å²) < 4.78 is 17.5. The smallest absolute Gasteiger partial charge is 0.251 e. The minimum atomic E-state index is -2.38. The second kappa shape index (κ2) is 15.9. The molecule has 306 valence electrons. The Kier molecular flexibility index (Phi) is 11.2. The van der Waals surface area contributed by atoms with Crippen molar-refractivity contribution in [3.8, 4) is 17.2 Å². The molecule has 2 aliphatic heterocycles. The lowest BCUT2D eigenvalue weighted by Gasteiger charge is -2.43. The van der Waals surface area contributed by atoms with E-state index in [-0.39, 0.29) is 52.1 Å².